The molecule has 0 fully saturated rings. The molecule has 2 rings (SSSR count). The van der Waals surface area contributed by atoms with Crippen molar-refractivity contribution >= 4 is 25.3 Å². The van der Waals surface area contributed by atoms with Crippen LogP contribution in [-0.4, -0.2) is 0 Å². The number of benzene rings is 2. The molecule has 2 atom stereocenters. The Hall–Kier alpha value is -0.860. The van der Waals surface area contributed by atoms with Crippen LogP contribution in [0.25, 0.3) is 0 Å². The number of rotatable bonds is 18. The molecule has 0 saturated carbocycles. The lowest BCUT2D eigenvalue weighted by molar-refractivity contribution is 0.607. The fraction of sp³-hybridized carbons (Fsp3) is 0.613. The molecular formula is C31H48S2. The van der Waals surface area contributed by atoms with Crippen molar-refractivity contribution in [2.75, 3.05) is 0 Å². The van der Waals surface area contributed by atoms with Crippen molar-refractivity contribution in [3.8, 4) is 0 Å². The smallest absolute Gasteiger partial charge is 0.0280 e. The van der Waals surface area contributed by atoms with E-state index < -0.39 is 0 Å². The Morgan fingerprint density at radius 1 is 0.485 bits per heavy atom. The molecule has 0 N–H and O–H groups in total. The summed E-state index contributed by atoms with van der Waals surface area (Å²) in [5, 5.41) is 0.441. The van der Waals surface area contributed by atoms with Crippen LogP contribution in [0.5, 0.6) is 0 Å². The van der Waals surface area contributed by atoms with Gasteiger partial charge in [0.15, 0.2) is 0 Å². The standard InChI is InChI=1S/C31H48S2/c1-3-5-7-9-11-13-15-26-17-21-28(22-18-26)30(32)25-31(33)29-23-19-27(20-24-29)16-14-12-10-8-6-4-2/h17-24,30-33H,3-16,25H2,1-2H3. The molecule has 0 amide bonds. The van der Waals surface area contributed by atoms with Crippen molar-refractivity contribution in [3.05, 3.63) is 70.8 Å². The highest BCUT2D eigenvalue weighted by molar-refractivity contribution is 7.81. The van der Waals surface area contributed by atoms with Gasteiger partial charge in [0.1, 0.15) is 0 Å². The van der Waals surface area contributed by atoms with Gasteiger partial charge in [-0.05, 0) is 54.4 Å². The van der Waals surface area contributed by atoms with E-state index in [2.05, 4.69) is 62.4 Å². The van der Waals surface area contributed by atoms with E-state index in [0.29, 0.717) is 0 Å². The Balaban J connectivity index is 1.71. The molecule has 2 aromatic rings. The molecular weight excluding hydrogens is 436 g/mol. The van der Waals surface area contributed by atoms with Crippen molar-refractivity contribution in [1.29, 1.82) is 0 Å². The Kier molecular flexibility index (Phi) is 15.1. The van der Waals surface area contributed by atoms with Crippen LogP contribution in [0.3, 0.4) is 0 Å². The molecule has 184 valence electrons. The molecule has 33 heavy (non-hydrogen) atoms. The molecule has 0 spiro atoms. The van der Waals surface area contributed by atoms with Gasteiger partial charge in [0.2, 0.25) is 0 Å². The molecule has 0 heterocycles. The Morgan fingerprint density at radius 3 is 1.18 bits per heavy atom. The van der Waals surface area contributed by atoms with Crippen molar-refractivity contribution in [1.82, 2.24) is 0 Å². The van der Waals surface area contributed by atoms with E-state index in [4.69, 9.17) is 25.3 Å². The first-order chi connectivity index (χ1) is 16.1. The van der Waals surface area contributed by atoms with Crippen LogP contribution in [0.2, 0.25) is 0 Å². The summed E-state index contributed by atoms with van der Waals surface area (Å²) in [6.45, 7) is 4.56. The summed E-state index contributed by atoms with van der Waals surface area (Å²) < 4.78 is 0. The van der Waals surface area contributed by atoms with E-state index in [1.54, 1.807) is 0 Å². The summed E-state index contributed by atoms with van der Waals surface area (Å²) >= 11 is 9.83. The first-order valence-corrected chi connectivity index (χ1v) is 14.7. The number of thiol groups is 2. The average molecular weight is 485 g/mol. The van der Waals surface area contributed by atoms with E-state index in [-0.39, 0.29) is 10.5 Å². The fourth-order valence-corrected chi connectivity index (χ4v) is 5.45. The summed E-state index contributed by atoms with van der Waals surface area (Å²) in [6, 6.07) is 18.3. The third-order valence-electron chi connectivity index (χ3n) is 6.81. The largest absolute Gasteiger partial charge is 0.171 e. The van der Waals surface area contributed by atoms with Gasteiger partial charge in [-0.25, -0.2) is 0 Å². The van der Waals surface area contributed by atoms with Gasteiger partial charge >= 0.3 is 0 Å². The Bertz CT molecular complexity index is 656. The average Bonchev–Trinajstić information content (AvgIpc) is 2.84. The van der Waals surface area contributed by atoms with Crippen molar-refractivity contribution in [2.45, 2.75) is 121 Å². The van der Waals surface area contributed by atoms with Crippen LogP contribution in [-0.2, 0) is 12.8 Å². The molecule has 2 heteroatoms. The Labute approximate surface area is 216 Å². The SMILES string of the molecule is CCCCCCCCc1ccc(C(S)CC(S)c2ccc(CCCCCCCC)cc2)cc1. The van der Waals surface area contributed by atoms with Crippen LogP contribution in [0.15, 0.2) is 48.5 Å². The van der Waals surface area contributed by atoms with E-state index in [1.165, 1.54) is 112 Å². The maximum absolute atomic E-state index is 4.91. The molecule has 0 aromatic heterocycles. The van der Waals surface area contributed by atoms with E-state index in [0.717, 1.165) is 6.42 Å². The minimum Gasteiger partial charge on any atom is -0.171 e. The van der Waals surface area contributed by atoms with E-state index in [1.807, 2.05) is 0 Å². The summed E-state index contributed by atoms with van der Waals surface area (Å²) in [4.78, 5) is 0. The number of hydrogen-bond donors (Lipinski definition) is 2. The zero-order valence-electron chi connectivity index (χ0n) is 21.3. The number of hydrogen-bond acceptors (Lipinski definition) is 2. The predicted octanol–water partition coefficient (Wildman–Crippen LogP) is 10.5. The third kappa shape index (κ3) is 11.9. The van der Waals surface area contributed by atoms with Crippen LogP contribution >= 0.6 is 25.3 Å². The molecule has 0 bridgehead atoms. The highest BCUT2D eigenvalue weighted by Gasteiger charge is 2.14. The molecule has 0 aliphatic carbocycles. The summed E-state index contributed by atoms with van der Waals surface area (Å²) in [5.41, 5.74) is 5.53. The van der Waals surface area contributed by atoms with Gasteiger partial charge in [0.25, 0.3) is 0 Å². The van der Waals surface area contributed by atoms with Gasteiger partial charge in [0, 0.05) is 10.5 Å². The second kappa shape index (κ2) is 17.6. The molecule has 0 radical (unpaired) electrons. The van der Waals surface area contributed by atoms with Gasteiger partial charge in [-0.3, -0.25) is 0 Å². The van der Waals surface area contributed by atoms with E-state index >= 15 is 0 Å². The number of aryl methyl sites for hydroxylation is 2. The van der Waals surface area contributed by atoms with Crippen LogP contribution in [0, 0.1) is 0 Å². The highest BCUT2D eigenvalue weighted by Crippen LogP contribution is 2.35. The van der Waals surface area contributed by atoms with Gasteiger partial charge < -0.3 is 0 Å². The molecule has 0 nitrogen and oxygen atoms in total. The zero-order chi connectivity index (χ0) is 23.7. The topological polar surface area (TPSA) is 0 Å². The maximum Gasteiger partial charge on any atom is 0.0280 e. The first kappa shape index (κ1) is 28.4. The lowest BCUT2D eigenvalue weighted by atomic mass is 9.98. The lowest BCUT2D eigenvalue weighted by Gasteiger charge is -2.18. The van der Waals surface area contributed by atoms with Crippen LogP contribution < -0.4 is 0 Å². The third-order valence-corrected chi connectivity index (χ3v) is 7.83. The molecule has 2 unspecified atom stereocenters. The number of unbranched alkanes of at least 4 members (excludes halogenated alkanes) is 10. The molecule has 0 saturated heterocycles. The van der Waals surface area contributed by atoms with Crippen LogP contribution in [0.1, 0.15) is 130 Å². The minimum atomic E-state index is 0.221. The predicted molar refractivity (Wildman–Crippen MR) is 155 cm³/mol. The van der Waals surface area contributed by atoms with E-state index in [9.17, 15) is 0 Å². The maximum atomic E-state index is 4.91. The summed E-state index contributed by atoms with van der Waals surface area (Å²) in [5.74, 6) is 0. The quantitative estimate of drug-likeness (QED) is 0.152. The molecule has 2 aromatic carbocycles. The molecule has 0 aliphatic heterocycles. The fourth-order valence-electron chi connectivity index (χ4n) is 4.52. The van der Waals surface area contributed by atoms with Gasteiger partial charge in [-0.2, -0.15) is 25.3 Å². The second-order valence-corrected chi connectivity index (χ2v) is 11.0. The van der Waals surface area contributed by atoms with Crippen molar-refractivity contribution < 1.29 is 0 Å². The zero-order valence-corrected chi connectivity index (χ0v) is 23.1. The lowest BCUT2D eigenvalue weighted by Crippen LogP contribution is -1.99. The van der Waals surface area contributed by atoms with Crippen molar-refractivity contribution in [2.24, 2.45) is 0 Å². The van der Waals surface area contributed by atoms with Gasteiger partial charge in [0.05, 0.1) is 0 Å². The molecule has 0 aliphatic rings. The second-order valence-electron chi connectivity index (χ2n) is 9.79. The monoisotopic (exact) mass is 484 g/mol. The summed E-state index contributed by atoms with van der Waals surface area (Å²) in [7, 11) is 0. The summed E-state index contributed by atoms with van der Waals surface area (Å²) in [6.07, 6.45) is 19.6. The Morgan fingerprint density at radius 2 is 0.818 bits per heavy atom. The van der Waals surface area contributed by atoms with Crippen molar-refractivity contribution in [3.63, 3.8) is 0 Å². The minimum absolute atomic E-state index is 0.221. The first-order valence-electron chi connectivity index (χ1n) is 13.7. The van der Waals surface area contributed by atoms with Crippen LogP contribution in [0.4, 0.5) is 0 Å². The van der Waals surface area contributed by atoms with Gasteiger partial charge in [-0.1, -0.05) is 127 Å². The van der Waals surface area contributed by atoms with Gasteiger partial charge in [-0.15, -0.1) is 0 Å². The normalized spacial score (nSPS) is 13.2. The highest BCUT2D eigenvalue weighted by atomic mass is 32.1.